The van der Waals surface area contributed by atoms with Crippen LogP contribution in [0.3, 0.4) is 0 Å². The quantitative estimate of drug-likeness (QED) is 0.140. The van der Waals surface area contributed by atoms with Crippen LogP contribution >= 0.6 is 0 Å². The highest BCUT2D eigenvalue weighted by atomic mass is 19.4. The fraction of sp³-hybridized carbons (Fsp3) is 0.667. The third kappa shape index (κ3) is 11.2. The number of aryl methyl sites for hydroxylation is 1. The molecule has 16 heteroatoms. The number of hydrogen-bond donors (Lipinski definition) is 3. The predicted molar refractivity (Wildman–Crippen MR) is 196 cm³/mol. The van der Waals surface area contributed by atoms with Crippen molar-refractivity contribution in [2.45, 2.75) is 93.9 Å². The standard InChI is InChI=1S/C30H39F5N8O3.3C2H6/c1-5-44-13-12-43(4)14-29(7-8-29)15-45-28-41-24-19-26(42-28)38-11-10-37-9-6-16(2)46-27(19)40-23(22(24)32)18-20(30(33,34)35)17(3)39-25(36)21(18)31;3*1-2/h16,37H,5-15H2,1-4H3,(H2,36,39)(H,38,41,42);3*1-2H3. The van der Waals surface area contributed by atoms with Gasteiger partial charge in [-0.25, -0.2) is 18.7 Å². The smallest absolute Gasteiger partial charge is 0.418 e. The molecular formula is C36H57F5N8O3. The molecule has 0 saturated heterocycles. The second-order valence-corrected chi connectivity index (χ2v) is 11.9. The number of nitrogens with zero attached hydrogens (tertiary/aromatic N) is 5. The Balaban J connectivity index is 0.00000148. The van der Waals surface area contributed by atoms with Crippen LogP contribution in [0.15, 0.2) is 0 Å². The Bertz CT molecular complexity index is 1570. The van der Waals surface area contributed by atoms with Gasteiger partial charge < -0.3 is 35.5 Å². The van der Waals surface area contributed by atoms with E-state index in [-0.39, 0.29) is 35.1 Å². The molecule has 1 aliphatic heterocycles. The van der Waals surface area contributed by atoms with Crippen molar-refractivity contribution in [2.24, 2.45) is 5.41 Å². The minimum absolute atomic E-state index is 0.00754. The molecule has 0 spiro atoms. The number of aromatic nitrogens is 4. The third-order valence-electron chi connectivity index (χ3n) is 8.12. The van der Waals surface area contributed by atoms with Crippen molar-refractivity contribution in [3.8, 4) is 23.1 Å². The maximum Gasteiger partial charge on any atom is 0.418 e. The fourth-order valence-corrected chi connectivity index (χ4v) is 5.55. The van der Waals surface area contributed by atoms with Gasteiger partial charge in [-0.1, -0.05) is 41.5 Å². The second kappa shape index (κ2) is 20.6. The van der Waals surface area contributed by atoms with Gasteiger partial charge in [0.25, 0.3) is 0 Å². The second-order valence-electron chi connectivity index (χ2n) is 11.9. The lowest BCUT2D eigenvalue weighted by molar-refractivity contribution is -0.138. The van der Waals surface area contributed by atoms with Crippen LogP contribution in [0.2, 0.25) is 0 Å². The van der Waals surface area contributed by atoms with Crippen LogP contribution in [0.5, 0.6) is 11.9 Å². The first-order chi connectivity index (χ1) is 24.8. The molecule has 11 nitrogen and oxygen atoms in total. The van der Waals surface area contributed by atoms with Crippen LogP contribution < -0.4 is 25.8 Å². The zero-order chi connectivity index (χ0) is 39.2. The van der Waals surface area contributed by atoms with Gasteiger partial charge in [0.15, 0.2) is 17.5 Å². The summed E-state index contributed by atoms with van der Waals surface area (Å²) in [5, 5.41) is 6.36. The maximum atomic E-state index is 16.5. The van der Waals surface area contributed by atoms with E-state index in [1.54, 1.807) is 6.92 Å². The molecule has 4 N–H and O–H groups in total. The summed E-state index contributed by atoms with van der Waals surface area (Å²) in [5.74, 6) is -3.85. The summed E-state index contributed by atoms with van der Waals surface area (Å²) in [5.41, 5.74) is 0.751. The minimum Gasteiger partial charge on any atom is -0.474 e. The van der Waals surface area contributed by atoms with E-state index in [1.807, 2.05) is 55.5 Å². The van der Waals surface area contributed by atoms with Crippen molar-refractivity contribution < 1.29 is 36.2 Å². The van der Waals surface area contributed by atoms with Crippen molar-refractivity contribution in [3.05, 3.63) is 22.9 Å². The van der Waals surface area contributed by atoms with Crippen LogP contribution in [0.25, 0.3) is 22.2 Å². The summed E-state index contributed by atoms with van der Waals surface area (Å²) in [4.78, 5) is 18.6. The number of nitrogens with one attached hydrogen (secondary N) is 2. The Labute approximate surface area is 304 Å². The lowest BCUT2D eigenvalue weighted by Crippen LogP contribution is -2.33. The van der Waals surface area contributed by atoms with E-state index < -0.39 is 57.8 Å². The molecule has 4 heterocycles. The number of halogens is 5. The van der Waals surface area contributed by atoms with Gasteiger partial charge in [-0.2, -0.15) is 23.1 Å². The number of ether oxygens (including phenoxy) is 3. The van der Waals surface area contributed by atoms with Gasteiger partial charge in [-0.15, -0.1) is 0 Å². The first-order valence-corrected chi connectivity index (χ1v) is 18.3. The Morgan fingerprint density at radius 3 is 2.27 bits per heavy atom. The normalized spacial score (nSPS) is 16.4. The molecule has 1 aliphatic carbocycles. The molecule has 1 saturated carbocycles. The van der Waals surface area contributed by atoms with Gasteiger partial charge >= 0.3 is 12.2 Å². The molecule has 0 bridgehead atoms. The number of alkyl halides is 3. The van der Waals surface area contributed by atoms with E-state index in [1.165, 1.54) is 0 Å². The minimum atomic E-state index is -5.11. The molecule has 3 aromatic rings. The van der Waals surface area contributed by atoms with Crippen molar-refractivity contribution >= 4 is 22.5 Å². The number of rotatable bonds is 10. The van der Waals surface area contributed by atoms with Gasteiger partial charge in [-0.3, -0.25) is 0 Å². The molecule has 52 heavy (non-hydrogen) atoms. The summed E-state index contributed by atoms with van der Waals surface area (Å²) in [7, 11) is 1.99. The van der Waals surface area contributed by atoms with Gasteiger partial charge in [0, 0.05) is 38.2 Å². The fourth-order valence-electron chi connectivity index (χ4n) is 5.55. The molecule has 1 atom stereocenters. The van der Waals surface area contributed by atoms with Gasteiger partial charge in [0.1, 0.15) is 22.4 Å². The Hall–Kier alpha value is -3.63. The molecule has 0 radical (unpaired) electrons. The topological polar surface area (TPSA) is 133 Å². The third-order valence-corrected chi connectivity index (χ3v) is 8.12. The number of nitrogens with two attached hydrogens (primary N) is 1. The van der Waals surface area contributed by atoms with Crippen LogP contribution in [0.1, 0.15) is 85.9 Å². The van der Waals surface area contributed by atoms with Crippen molar-refractivity contribution in [3.63, 3.8) is 0 Å². The highest BCUT2D eigenvalue weighted by Gasteiger charge is 2.45. The molecule has 0 aromatic carbocycles. The van der Waals surface area contributed by atoms with E-state index >= 15 is 8.78 Å². The Kier molecular flexibility index (Phi) is 17.6. The summed E-state index contributed by atoms with van der Waals surface area (Å²) in [6.07, 6.45) is -3.32. The number of hydrogen-bond acceptors (Lipinski definition) is 11. The van der Waals surface area contributed by atoms with Gasteiger partial charge in [0.2, 0.25) is 5.88 Å². The van der Waals surface area contributed by atoms with E-state index in [0.29, 0.717) is 39.3 Å². The molecule has 1 unspecified atom stereocenters. The van der Waals surface area contributed by atoms with E-state index in [4.69, 9.17) is 19.9 Å². The summed E-state index contributed by atoms with van der Waals surface area (Å²) in [6, 6.07) is -0.196. The molecule has 3 aromatic heterocycles. The zero-order valence-corrected chi connectivity index (χ0v) is 32.3. The van der Waals surface area contributed by atoms with Crippen LogP contribution in [0.4, 0.5) is 33.6 Å². The van der Waals surface area contributed by atoms with E-state index in [9.17, 15) is 13.2 Å². The van der Waals surface area contributed by atoms with E-state index in [0.717, 1.165) is 32.9 Å². The zero-order valence-electron chi connectivity index (χ0n) is 32.3. The van der Waals surface area contributed by atoms with Crippen molar-refractivity contribution in [1.82, 2.24) is 30.2 Å². The van der Waals surface area contributed by atoms with Crippen LogP contribution in [-0.2, 0) is 10.9 Å². The average molecular weight is 745 g/mol. The number of pyridine rings is 2. The molecule has 5 rings (SSSR count). The molecule has 2 aliphatic rings. The SMILES string of the molecule is CC.CC.CC.CCOCCN(C)CC1(COc2nc3c4c(nc(-c5c(F)c(N)nc(C)c5C(F)(F)F)c(F)c4n2)OC(C)CCNCCN3)CC1. The number of nitrogen functional groups attached to an aromatic ring is 1. The lowest BCUT2D eigenvalue weighted by atomic mass is 10.0. The van der Waals surface area contributed by atoms with Crippen molar-refractivity contribution in [2.75, 3.05) is 70.6 Å². The molecule has 294 valence electrons. The number of anilines is 2. The Morgan fingerprint density at radius 1 is 0.981 bits per heavy atom. The lowest BCUT2D eigenvalue weighted by Gasteiger charge is -2.24. The summed E-state index contributed by atoms with van der Waals surface area (Å²) in [6.45, 7) is 21.1. The maximum absolute atomic E-state index is 16.5. The molecule has 0 amide bonds. The highest BCUT2D eigenvalue weighted by molar-refractivity contribution is 5.96. The summed E-state index contributed by atoms with van der Waals surface area (Å²) < 4.78 is 92.4. The van der Waals surface area contributed by atoms with Gasteiger partial charge in [0.05, 0.1) is 36.1 Å². The number of likely N-dealkylation sites (N-methyl/N-ethyl adjacent to an activating group) is 1. The predicted octanol–water partition coefficient (Wildman–Crippen LogP) is 7.65. The first-order valence-electron chi connectivity index (χ1n) is 18.3. The first kappa shape index (κ1) is 44.5. The van der Waals surface area contributed by atoms with Crippen LogP contribution in [-0.4, -0.2) is 90.5 Å². The average Bonchev–Trinajstić information content (AvgIpc) is 3.89. The molecular weight excluding hydrogens is 687 g/mol. The van der Waals surface area contributed by atoms with E-state index in [2.05, 4.69) is 35.5 Å². The van der Waals surface area contributed by atoms with Crippen molar-refractivity contribution in [1.29, 1.82) is 0 Å². The molecule has 1 fully saturated rings. The van der Waals surface area contributed by atoms with Gasteiger partial charge in [-0.05, 0) is 53.6 Å². The highest BCUT2D eigenvalue weighted by Crippen LogP contribution is 2.47. The largest absolute Gasteiger partial charge is 0.474 e. The van der Waals surface area contributed by atoms with Crippen LogP contribution in [0, 0.1) is 24.0 Å². The monoisotopic (exact) mass is 744 g/mol. The summed E-state index contributed by atoms with van der Waals surface area (Å²) >= 11 is 0. The Morgan fingerprint density at radius 2 is 1.65 bits per heavy atom.